The highest BCUT2D eigenvalue weighted by Crippen LogP contribution is 2.43. The second-order valence-electron chi connectivity index (χ2n) is 8.71. The fourth-order valence-corrected chi connectivity index (χ4v) is 5.16. The molecule has 1 aliphatic carbocycles. The molecule has 0 fully saturated rings. The number of aliphatic hydroxyl groups is 1. The molecule has 0 amide bonds. The van der Waals surface area contributed by atoms with E-state index < -0.39 is 11.4 Å². The van der Waals surface area contributed by atoms with Crippen molar-refractivity contribution >= 4 is 34.0 Å². The fourth-order valence-electron chi connectivity index (χ4n) is 5.00. The molecule has 3 heterocycles. The maximum atomic E-state index is 14.0. The van der Waals surface area contributed by atoms with Crippen molar-refractivity contribution < 1.29 is 9.50 Å². The first-order valence-corrected chi connectivity index (χ1v) is 11.0. The van der Waals surface area contributed by atoms with Crippen LogP contribution in [0, 0.1) is 5.82 Å². The van der Waals surface area contributed by atoms with Gasteiger partial charge in [-0.2, -0.15) is 0 Å². The summed E-state index contributed by atoms with van der Waals surface area (Å²) in [6, 6.07) is 9.28. The van der Waals surface area contributed by atoms with Crippen LogP contribution in [0.25, 0.3) is 22.0 Å². The minimum Gasteiger partial charge on any atom is -0.385 e. The Hall–Kier alpha value is -3.09. The summed E-state index contributed by atoms with van der Waals surface area (Å²) in [6.45, 7) is 2.53. The minimum absolute atomic E-state index is 0.104. The van der Waals surface area contributed by atoms with Crippen molar-refractivity contribution in [1.29, 1.82) is 0 Å². The molecule has 0 bridgehead atoms. The number of aromatic nitrogens is 3. The third kappa shape index (κ3) is 2.90. The molecule has 6 rings (SSSR count). The molecule has 5 nitrogen and oxygen atoms in total. The Balaban J connectivity index is 1.51. The van der Waals surface area contributed by atoms with E-state index in [0.29, 0.717) is 13.0 Å². The summed E-state index contributed by atoms with van der Waals surface area (Å²) in [5.74, 6) is 0.370. The Labute approximate surface area is 189 Å². The van der Waals surface area contributed by atoms with E-state index >= 15 is 0 Å². The molecule has 1 atom stereocenters. The molecule has 160 valence electrons. The van der Waals surface area contributed by atoms with Crippen LogP contribution in [0.5, 0.6) is 0 Å². The van der Waals surface area contributed by atoms with Gasteiger partial charge in [0.2, 0.25) is 0 Å². The summed E-state index contributed by atoms with van der Waals surface area (Å²) < 4.78 is 14.0. The number of fused-ring (bicyclic) bond motifs is 3. The van der Waals surface area contributed by atoms with Gasteiger partial charge < -0.3 is 10.0 Å². The molecule has 0 spiro atoms. The monoisotopic (exact) mass is 446 g/mol. The smallest absolute Gasteiger partial charge is 0.144 e. The van der Waals surface area contributed by atoms with Gasteiger partial charge in [-0.1, -0.05) is 17.7 Å². The molecule has 2 aromatic heterocycles. The van der Waals surface area contributed by atoms with E-state index in [9.17, 15) is 9.50 Å². The summed E-state index contributed by atoms with van der Waals surface area (Å²) in [6.07, 6.45) is 7.40. The van der Waals surface area contributed by atoms with Crippen molar-refractivity contribution in [3.8, 4) is 11.1 Å². The van der Waals surface area contributed by atoms with Crippen LogP contribution in [-0.4, -0.2) is 26.6 Å². The van der Waals surface area contributed by atoms with Gasteiger partial charge in [0.05, 0.1) is 16.1 Å². The number of hydrogen-bond donors (Lipinski definition) is 1. The highest BCUT2D eigenvalue weighted by atomic mass is 35.5. The largest absolute Gasteiger partial charge is 0.385 e. The van der Waals surface area contributed by atoms with Gasteiger partial charge in [0, 0.05) is 41.1 Å². The van der Waals surface area contributed by atoms with E-state index in [0.717, 1.165) is 63.1 Å². The number of benzene rings is 2. The number of rotatable bonds is 2. The van der Waals surface area contributed by atoms with E-state index in [2.05, 4.69) is 25.9 Å². The third-order valence-corrected chi connectivity index (χ3v) is 6.99. The van der Waals surface area contributed by atoms with E-state index in [4.69, 9.17) is 11.6 Å². The van der Waals surface area contributed by atoms with Gasteiger partial charge in [0.1, 0.15) is 18.0 Å². The van der Waals surface area contributed by atoms with Gasteiger partial charge in [-0.25, -0.2) is 14.4 Å². The van der Waals surface area contributed by atoms with Gasteiger partial charge in [-0.15, -0.1) is 0 Å². The molecule has 1 N–H and O–H groups in total. The third-order valence-electron chi connectivity index (χ3n) is 6.70. The van der Waals surface area contributed by atoms with Gasteiger partial charge in [0.25, 0.3) is 0 Å². The van der Waals surface area contributed by atoms with Crippen LogP contribution in [0.15, 0.2) is 49.1 Å². The molecule has 0 saturated heterocycles. The van der Waals surface area contributed by atoms with Crippen molar-refractivity contribution in [2.75, 3.05) is 11.4 Å². The van der Waals surface area contributed by atoms with Crippen LogP contribution in [0.3, 0.4) is 0 Å². The van der Waals surface area contributed by atoms with Gasteiger partial charge in [0.15, 0.2) is 0 Å². The maximum Gasteiger partial charge on any atom is 0.144 e. The summed E-state index contributed by atoms with van der Waals surface area (Å²) in [5.41, 5.74) is 5.82. The van der Waals surface area contributed by atoms with Gasteiger partial charge in [-0.3, -0.25) is 4.98 Å². The molecule has 7 heteroatoms. The number of nitrogens with zero attached hydrogens (tertiary/aromatic N) is 4. The summed E-state index contributed by atoms with van der Waals surface area (Å²) in [7, 11) is 0. The second-order valence-corrected chi connectivity index (χ2v) is 9.12. The standard InChI is InChI=1S/C25H20ClFN4O/c1-25(32)6-4-16-18(11-28-12-19(16)25)14-2-3-22-17(8-14)24(30-13-29-22)31-7-5-15-9-21(27)20(26)10-23(15)31/h2-3,8-13,32H,4-7H2,1H3. The van der Waals surface area contributed by atoms with Crippen molar-refractivity contribution in [3.05, 3.63) is 76.6 Å². The summed E-state index contributed by atoms with van der Waals surface area (Å²) in [5, 5.41) is 11.7. The van der Waals surface area contributed by atoms with Crippen molar-refractivity contribution in [3.63, 3.8) is 0 Å². The predicted octanol–water partition coefficient (Wildman–Crippen LogP) is 5.33. The highest BCUT2D eigenvalue weighted by Gasteiger charge is 2.34. The second kappa shape index (κ2) is 6.95. The van der Waals surface area contributed by atoms with Crippen LogP contribution in [0.4, 0.5) is 15.9 Å². The van der Waals surface area contributed by atoms with Crippen molar-refractivity contribution in [2.45, 2.75) is 31.8 Å². The fraction of sp³-hybridized carbons (Fsp3) is 0.240. The maximum absolute atomic E-state index is 14.0. The quantitative estimate of drug-likeness (QED) is 0.450. The lowest BCUT2D eigenvalue weighted by Crippen LogP contribution is -2.16. The van der Waals surface area contributed by atoms with Crippen LogP contribution in [0.1, 0.15) is 30.0 Å². The molecule has 2 aliphatic rings. The lowest BCUT2D eigenvalue weighted by molar-refractivity contribution is 0.0592. The lowest BCUT2D eigenvalue weighted by atomic mass is 9.95. The average Bonchev–Trinajstić information content (AvgIpc) is 3.33. The Bertz CT molecular complexity index is 1400. The molecule has 4 aromatic rings. The molecule has 1 aliphatic heterocycles. The zero-order valence-electron chi connectivity index (χ0n) is 17.4. The highest BCUT2D eigenvalue weighted by molar-refractivity contribution is 6.31. The molecular weight excluding hydrogens is 427 g/mol. The van der Waals surface area contributed by atoms with Crippen molar-refractivity contribution in [1.82, 2.24) is 15.0 Å². The molecular formula is C25H20ClFN4O. The van der Waals surface area contributed by atoms with E-state index in [1.165, 1.54) is 6.07 Å². The van der Waals surface area contributed by atoms with Gasteiger partial charge in [-0.05, 0) is 67.1 Å². The normalized spacial score (nSPS) is 19.4. The van der Waals surface area contributed by atoms with Crippen LogP contribution < -0.4 is 4.90 Å². The van der Waals surface area contributed by atoms with Crippen LogP contribution in [0.2, 0.25) is 5.02 Å². The van der Waals surface area contributed by atoms with Crippen molar-refractivity contribution in [2.24, 2.45) is 0 Å². The number of hydrogen-bond acceptors (Lipinski definition) is 5. The first kappa shape index (κ1) is 19.6. The Morgan fingerprint density at radius 1 is 1.12 bits per heavy atom. The summed E-state index contributed by atoms with van der Waals surface area (Å²) >= 11 is 6.08. The average molecular weight is 447 g/mol. The van der Waals surface area contributed by atoms with Gasteiger partial charge >= 0.3 is 0 Å². The first-order valence-electron chi connectivity index (χ1n) is 10.6. The Morgan fingerprint density at radius 3 is 2.88 bits per heavy atom. The topological polar surface area (TPSA) is 62.1 Å². The van der Waals surface area contributed by atoms with E-state index in [1.807, 2.05) is 25.3 Å². The zero-order chi connectivity index (χ0) is 22.0. The number of anilines is 2. The zero-order valence-corrected chi connectivity index (χ0v) is 18.2. The molecule has 1 unspecified atom stereocenters. The molecule has 0 radical (unpaired) electrons. The summed E-state index contributed by atoms with van der Waals surface area (Å²) in [4.78, 5) is 15.5. The van der Waals surface area contributed by atoms with E-state index in [-0.39, 0.29) is 5.02 Å². The lowest BCUT2D eigenvalue weighted by Gasteiger charge is -2.21. The molecule has 0 saturated carbocycles. The van der Waals surface area contributed by atoms with Crippen LogP contribution >= 0.6 is 11.6 Å². The number of pyridine rings is 1. The first-order chi connectivity index (χ1) is 15.4. The Kier molecular flexibility index (Phi) is 4.26. The molecule has 2 aromatic carbocycles. The minimum atomic E-state index is -0.850. The predicted molar refractivity (Wildman–Crippen MR) is 123 cm³/mol. The Morgan fingerprint density at radius 2 is 2.00 bits per heavy atom. The SMILES string of the molecule is CC1(O)CCc2c(-c3ccc4ncnc(N5CCc6cc(F)c(Cl)cc65)c4c3)cncc21. The molecule has 32 heavy (non-hydrogen) atoms. The van der Waals surface area contributed by atoms with E-state index in [1.54, 1.807) is 18.6 Å². The number of halogens is 2. The van der Waals surface area contributed by atoms with Crippen LogP contribution in [-0.2, 0) is 18.4 Å².